The molecule has 2 aromatic rings. The second-order valence-corrected chi connectivity index (χ2v) is 9.63. The van der Waals surface area contributed by atoms with Gasteiger partial charge in [0.05, 0.1) is 11.6 Å². The van der Waals surface area contributed by atoms with Gasteiger partial charge in [-0.15, -0.1) is 11.3 Å². The zero-order valence-electron chi connectivity index (χ0n) is 17.9. The van der Waals surface area contributed by atoms with Crippen molar-refractivity contribution in [2.24, 2.45) is 5.92 Å². The summed E-state index contributed by atoms with van der Waals surface area (Å²) in [5.41, 5.74) is 1.83. The van der Waals surface area contributed by atoms with Gasteiger partial charge in [-0.05, 0) is 73.9 Å². The summed E-state index contributed by atoms with van der Waals surface area (Å²) in [5.74, 6) is 0.526. The summed E-state index contributed by atoms with van der Waals surface area (Å²) in [6.07, 6.45) is 4.26. The van der Waals surface area contributed by atoms with Gasteiger partial charge in [-0.25, -0.2) is 4.79 Å². The highest BCUT2D eigenvalue weighted by Crippen LogP contribution is 2.21. The van der Waals surface area contributed by atoms with Crippen molar-refractivity contribution in [2.75, 3.05) is 37.6 Å². The molecule has 2 fully saturated rings. The molecule has 2 saturated heterocycles. The number of hydrogen-bond donors (Lipinski definition) is 2. The summed E-state index contributed by atoms with van der Waals surface area (Å²) >= 11 is 1.82. The molecule has 0 radical (unpaired) electrons. The van der Waals surface area contributed by atoms with Gasteiger partial charge in [-0.3, -0.25) is 4.90 Å². The van der Waals surface area contributed by atoms with E-state index in [-0.39, 0.29) is 12.1 Å². The highest BCUT2D eigenvalue weighted by molar-refractivity contribution is 7.09. The maximum Gasteiger partial charge on any atom is 0.315 e. The third-order valence-electron chi connectivity index (χ3n) is 6.31. The van der Waals surface area contributed by atoms with Crippen LogP contribution in [0.15, 0.2) is 41.8 Å². The number of rotatable bonds is 6. The molecular formula is C24H31N5OS. The van der Waals surface area contributed by atoms with E-state index in [1.54, 1.807) is 0 Å². The van der Waals surface area contributed by atoms with Crippen LogP contribution in [0.5, 0.6) is 0 Å². The Balaban J connectivity index is 1.15. The molecule has 2 aliphatic heterocycles. The minimum atomic E-state index is -0.0350. The molecular weight excluding hydrogens is 406 g/mol. The van der Waals surface area contributed by atoms with Crippen LogP contribution in [-0.4, -0.2) is 49.7 Å². The lowest BCUT2D eigenvalue weighted by molar-refractivity contribution is 0.166. The van der Waals surface area contributed by atoms with Gasteiger partial charge in [-0.2, -0.15) is 5.26 Å². The summed E-state index contributed by atoms with van der Waals surface area (Å²) in [5, 5.41) is 17.4. The number of nitriles is 1. The summed E-state index contributed by atoms with van der Waals surface area (Å²) < 4.78 is 0. The van der Waals surface area contributed by atoms with Crippen LogP contribution >= 0.6 is 11.3 Å². The number of urea groups is 1. The Morgan fingerprint density at radius 1 is 1.13 bits per heavy atom. The lowest BCUT2D eigenvalue weighted by atomic mass is 9.98. The van der Waals surface area contributed by atoms with E-state index < -0.39 is 0 Å². The first kappa shape index (κ1) is 21.7. The van der Waals surface area contributed by atoms with Gasteiger partial charge in [0.15, 0.2) is 0 Å². The number of likely N-dealkylation sites (tertiary alicyclic amines) is 1. The SMILES string of the molecule is N#Cc1ccc(N2CCC(NC(=O)NCC3CCCN(Cc4cccs4)C3)CC2)cc1. The van der Waals surface area contributed by atoms with Crippen LogP contribution in [0.2, 0.25) is 0 Å². The van der Waals surface area contributed by atoms with Gasteiger partial charge in [0.1, 0.15) is 0 Å². The van der Waals surface area contributed by atoms with E-state index in [2.05, 4.69) is 44.0 Å². The minimum Gasteiger partial charge on any atom is -0.371 e. The Morgan fingerprint density at radius 2 is 1.94 bits per heavy atom. The number of nitrogens with zero attached hydrogens (tertiary/aromatic N) is 3. The second kappa shape index (κ2) is 10.7. The Hall–Kier alpha value is -2.56. The maximum atomic E-state index is 12.4. The molecule has 2 N–H and O–H groups in total. The predicted octanol–water partition coefficient (Wildman–Crippen LogP) is 3.80. The number of piperidine rings is 2. The van der Waals surface area contributed by atoms with Crippen molar-refractivity contribution in [2.45, 2.75) is 38.3 Å². The first-order chi connectivity index (χ1) is 15.2. The average molecular weight is 438 g/mol. The zero-order valence-corrected chi connectivity index (χ0v) is 18.7. The summed E-state index contributed by atoms with van der Waals surface area (Å²) in [7, 11) is 0. The van der Waals surface area contributed by atoms with Crippen LogP contribution in [0.4, 0.5) is 10.5 Å². The molecule has 1 unspecified atom stereocenters. The molecule has 2 aliphatic rings. The number of amides is 2. The number of carbonyl (C=O) groups excluding carboxylic acids is 1. The van der Waals surface area contributed by atoms with Crippen LogP contribution in [0, 0.1) is 17.2 Å². The van der Waals surface area contributed by atoms with Gasteiger partial charge in [-0.1, -0.05) is 6.07 Å². The van der Waals surface area contributed by atoms with E-state index in [0.717, 1.165) is 57.8 Å². The Labute approximate surface area is 188 Å². The van der Waals surface area contributed by atoms with Gasteiger partial charge in [0.2, 0.25) is 0 Å². The molecule has 1 atom stereocenters. The number of hydrogen-bond acceptors (Lipinski definition) is 5. The largest absolute Gasteiger partial charge is 0.371 e. The smallest absolute Gasteiger partial charge is 0.315 e. The van der Waals surface area contributed by atoms with Crippen LogP contribution in [0.1, 0.15) is 36.1 Å². The molecule has 6 nitrogen and oxygen atoms in total. The van der Waals surface area contributed by atoms with Crippen molar-refractivity contribution in [3.05, 3.63) is 52.2 Å². The van der Waals surface area contributed by atoms with Crippen LogP contribution in [0.3, 0.4) is 0 Å². The maximum absolute atomic E-state index is 12.4. The number of anilines is 1. The average Bonchev–Trinajstić information content (AvgIpc) is 3.32. The summed E-state index contributed by atoms with van der Waals surface area (Å²) in [4.78, 5) is 18.7. The molecule has 4 rings (SSSR count). The fourth-order valence-corrected chi connectivity index (χ4v) is 5.33. The van der Waals surface area contributed by atoms with Crippen LogP contribution in [0.25, 0.3) is 0 Å². The lowest BCUT2D eigenvalue weighted by Gasteiger charge is -2.34. The van der Waals surface area contributed by atoms with E-state index in [1.807, 2.05) is 35.6 Å². The van der Waals surface area contributed by atoms with Gasteiger partial charge in [0, 0.05) is 49.3 Å². The molecule has 31 heavy (non-hydrogen) atoms. The third-order valence-corrected chi connectivity index (χ3v) is 7.17. The molecule has 0 spiro atoms. The van der Waals surface area contributed by atoms with E-state index in [4.69, 9.17) is 5.26 Å². The van der Waals surface area contributed by atoms with Crippen molar-refractivity contribution in [1.82, 2.24) is 15.5 Å². The standard InChI is InChI=1S/C24H31N5OS/c25-15-19-5-7-22(8-6-19)29-12-9-21(10-13-29)27-24(30)26-16-20-3-1-11-28(17-20)18-23-4-2-14-31-23/h2,4-8,14,20-21H,1,3,9-13,16-18H2,(H2,26,27,30). The highest BCUT2D eigenvalue weighted by Gasteiger charge is 2.23. The van der Waals surface area contributed by atoms with Crippen LogP contribution in [-0.2, 0) is 6.54 Å². The molecule has 0 saturated carbocycles. The van der Waals surface area contributed by atoms with Crippen molar-refractivity contribution in [3.63, 3.8) is 0 Å². The minimum absolute atomic E-state index is 0.0350. The molecule has 0 bridgehead atoms. The third kappa shape index (κ3) is 6.22. The fourth-order valence-electron chi connectivity index (χ4n) is 4.59. The van der Waals surface area contributed by atoms with Crippen molar-refractivity contribution >= 4 is 23.1 Å². The van der Waals surface area contributed by atoms with Gasteiger partial charge >= 0.3 is 6.03 Å². The summed E-state index contributed by atoms with van der Waals surface area (Å²) in [6, 6.07) is 14.4. The van der Waals surface area contributed by atoms with Gasteiger partial charge < -0.3 is 15.5 Å². The summed E-state index contributed by atoms with van der Waals surface area (Å²) in [6.45, 7) is 5.81. The second-order valence-electron chi connectivity index (χ2n) is 8.60. The molecule has 1 aromatic heterocycles. The van der Waals surface area contributed by atoms with E-state index in [1.165, 1.54) is 17.7 Å². The molecule has 0 aliphatic carbocycles. The Morgan fingerprint density at radius 3 is 2.65 bits per heavy atom. The van der Waals surface area contributed by atoms with Gasteiger partial charge in [0.25, 0.3) is 0 Å². The normalized spacial score (nSPS) is 20.2. The predicted molar refractivity (Wildman–Crippen MR) is 125 cm³/mol. The Bertz CT molecular complexity index is 868. The first-order valence-electron chi connectivity index (χ1n) is 11.2. The lowest BCUT2D eigenvalue weighted by Crippen LogP contribution is -2.49. The van der Waals surface area contributed by atoms with E-state index in [9.17, 15) is 4.79 Å². The van der Waals surface area contributed by atoms with E-state index >= 15 is 0 Å². The molecule has 3 heterocycles. The molecule has 164 valence electrons. The van der Waals surface area contributed by atoms with Crippen molar-refractivity contribution in [1.29, 1.82) is 5.26 Å². The van der Waals surface area contributed by atoms with Crippen LogP contribution < -0.4 is 15.5 Å². The highest BCUT2D eigenvalue weighted by atomic mass is 32.1. The topological polar surface area (TPSA) is 71.4 Å². The zero-order chi connectivity index (χ0) is 21.5. The quantitative estimate of drug-likeness (QED) is 0.721. The number of thiophene rings is 1. The molecule has 7 heteroatoms. The molecule has 1 aromatic carbocycles. The van der Waals surface area contributed by atoms with Crippen molar-refractivity contribution < 1.29 is 4.79 Å². The first-order valence-corrected chi connectivity index (χ1v) is 12.1. The number of nitrogens with one attached hydrogen (secondary N) is 2. The monoisotopic (exact) mass is 437 g/mol. The molecule has 2 amide bonds. The van der Waals surface area contributed by atoms with Crippen molar-refractivity contribution in [3.8, 4) is 6.07 Å². The number of carbonyl (C=O) groups is 1. The fraction of sp³-hybridized carbons (Fsp3) is 0.500. The van der Waals surface area contributed by atoms with E-state index in [0.29, 0.717) is 11.5 Å². The Kier molecular flexibility index (Phi) is 7.44. The number of benzene rings is 1.